The van der Waals surface area contributed by atoms with Gasteiger partial charge in [0, 0.05) is 43.8 Å². The molecule has 2 amide bonds. The third-order valence-electron chi connectivity index (χ3n) is 6.60. The summed E-state index contributed by atoms with van der Waals surface area (Å²) in [6.07, 6.45) is 3.98. The van der Waals surface area contributed by atoms with Gasteiger partial charge in [-0.15, -0.1) is 0 Å². The molecule has 1 fully saturated rings. The SMILES string of the molecule is Cc1ccc(F)c(NC(=O)Nc2ccc(Oc3ccnc(-c4cc(C(=O)OCCCN5CCOCC5)c[nH]4)c3)cc2)c1. The second kappa shape index (κ2) is 13.7. The summed E-state index contributed by atoms with van der Waals surface area (Å²) in [5.74, 6) is 0.172. The van der Waals surface area contributed by atoms with Gasteiger partial charge in [0.25, 0.3) is 0 Å². The highest BCUT2D eigenvalue weighted by molar-refractivity contribution is 5.99. The van der Waals surface area contributed by atoms with Crippen LogP contribution in [0.1, 0.15) is 22.3 Å². The summed E-state index contributed by atoms with van der Waals surface area (Å²) in [6.45, 7) is 6.34. The van der Waals surface area contributed by atoms with Crippen molar-refractivity contribution >= 4 is 23.4 Å². The molecule has 1 aliphatic heterocycles. The van der Waals surface area contributed by atoms with Crippen molar-refractivity contribution in [2.24, 2.45) is 0 Å². The summed E-state index contributed by atoms with van der Waals surface area (Å²) in [5.41, 5.74) is 3.11. The van der Waals surface area contributed by atoms with Crippen LogP contribution in [0.4, 0.5) is 20.6 Å². The summed E-state index contributed by atoms with van der Waals surface area (Å²) in [5, 5.41) is 5.18. The molecule has 0 saturated carbocycles. The van der Waals surface area contributed by atoms with E-state index in [4.69, 9.17) is 14.2 Å². The number of esters is 1. The smallest absolute Gasteiger partial charge is 0.339 e. The summed E-state index contributed by atoms with van der Waals surface area (Å²) in [7, 11) is 0. The third-order valence-corrected chi connectivity index (χ3v) is 6.60. The first kappa shape index (κ1) is 28.8. The summed E-state index contributed by atoms with van der Waals surface area (Å²) in [6, 6.07) is 15.8. The lowest BCUT2D eigenvalue weighted by molar-refractivity contribution is 0.0298. The van der Waals surface area contributed by atoms with Crippen molar-refractivity contribution in [1.82, 2.24) is 14.9 Å². The number of benzene rings is 2. The molecular weight excluding hydrogens is 541 g/mol. The van der Waals surface area contributed by atoms with Crippen molar-refractivity contribution in [3.05, 3.63) is 90.0 Å². The van der Waals surface area contributed by atoms with Gasteiger partial charge in [-0.25, -0.2) is 14.0 Å². The van der Waals surface area contributed by atoms with Gasteiger partial charge in [-0.2, -0.15) is 0 Å². The van der Waals surface area contributed by atoms with Gasteiger partial charge < -0.3 is 29.8 Å². The number of carbonyl (C=O) groups is 2. The van der Waals surface area contributed by atoms with Crippen LogP contribution >= 0.6 is 0 Å². The molecule has 11 heteroatoms. The number of nitrogens with one attached hydrogen (secondary N) is 3. The number of ether oxygens (including phenoxy) is 3. The monoisotopic (exact) mass is 573 g/mol. The van der Waals surface area contributed by atoms with Gasteiger partial charge in [0.15, 0.2) is 0 Å². The molecule has 2 aromatic carbocycles. The standard InChI is InChI=1S/C31H32FN5O5/c1-21-3-8-26(32)27(17-21)36-31(39)35-23-4-6-24(7-5-23)42-25-9-10-33-29(19-25)28-18-22(20-34-28)30(38)41-14-2-11-37-12-15-40-16-13-37/h3-10,17-20,34H,2,11-16H2,1H3,(H2,35,36,39). The third kappa shape index (κ3) is 7.93. The second-order valence-electron chi connectivity index (χ2n) is 9.81. The maximum atomic E-state index is 13.9. The van der Waals surface area contributed by atoms with Crippen molar-refractivity contribution in [2.75, 3.05) is 50.1 Å². The van der Waals surface area contributed by atoms with Crippen molar-refractivity contribution in [3.8, 4) is 22.9 Å². The number of pyridine rings is 1. The van der Waals surface area contributed by atoms with Crippen LogP contribution < -0.4 is 15.4 Å². The number of aromatic nitrogens is 2. The number of amides is 2. The normalized spacial score (nSPS) is 13.4. The van der Waals surface area contributed by atoms with Crippen molar-refractivity contribution in [1.29, 1.82) is 0 Å². The molecule has 42 heavy (non-hydrogen) atoms. The van der Waals surface area contributed by atoms with Crippen molar-refractivity contribution in [3.63, 3.8) is 0 Å². The molecule has 4 aromatic rings. The number of H-pyrrole nitrogens is 1. The highest BCUT2D eigenvalue weighted by Crippen LogP contribution is 2.27. The van der Waals surface area contributed by atoms with E-state index >= 15 is 0 Å². The lowest BCUT2D eigenvalue weighted by Crippen LogP contribution is -2.37. The highest BCUT2D eigenvalue weighted by Gasteiger charge is 2.14. The van der Waals surface area contributed by atoms with Crippen LogP contribution in [0, 0.1) is 12.7 Å². The Labute approximate surface area is 242 Å². The van der Waals surface area contributed by atoms with E-state index in [1.807, 2.05) is 6.92 Å². The Morgan fingerprint density at radius 2 is 1.83 bits per heavy atom. The molecule has 1 aliphatic rings. The Balaban J connectivity index is 1.12. The molecule has 2 aromatic heterocycles. The number of rotatable bonds is 10. The van der Waals surface area contributed by atoms with Crippen molar-refractivity contribution < 1.29 is 28.2 Å². The molecular formula is C31H32FN5O5. The molecule has 0 radical (unpaired) electrons. The van der Waals surface area contributed by atoms with Gasteiger partial charge in [-0.1, -0.05) is 6.07 Å². The van der Waals surface area contributed by atoms with E-state index in [0.29, 0.717) is 40.7 Å². The molecule has 5 rings (SSSR count). The van der Waals surface area contributed by atoms with Crippen LogP contribution in [0.5, 0.6) is 11.5 Å². The lowest BCUT2D eigenvalue weighted by atomic mass is 10.2. The van der Waals surface area contributed by atoms with Crippen LogP contribution in [-0.2, 0) is 9.47 Å². The molecule has 0 unspecified atom stereocenters. The molecule has 0 atom stereocenters. The van der Waals surface area contributed by atoms with E-state index in [1.54, 1.807) is 67.0 Å². The summed E-state index contributed by atoms with van der Waals surface area (Å²) in [4.78, 5) is 34.6. The van der Waals surface area contributed by atoms with Crippen LogP contribution in [0.3, 0.4) is 0 Å². The number of aryl methyl sites for hydroxylation is 1. The van der Waals surface area contributed by atoms with E-state index in [0.717, 1.165) is 44.8 Å². The molecule has 3 N–H and O–H groups in total. The van der Waals surface area contributed by atoms with E-state index in [9.17, 15) is 14.0 Å². The second-order valence-corrected chi connectivity index (χ2v) is 9.81. The van der Waals surface area contributed by atoms with E-state index < -0.39 is 17.8 Å². The Hall–Kier alpha value is -4.74. The number of nitrogens with zero attached hydrogens (tertiary/aromatic N) is 2. The van der Waals surface area contributed by atoms with Crippen LogP contribution in [0.25, 0.3) is 11.4 Å². The number of carbonyl (C=O) groups excluding carboxylic acids is 2. The molecule has 3 heterocycles. The zero-order valence-electron chi connectivity index (χ0n) is 23.2. The largest absolute Gasteiger partial charge is 0.462 e. The maximum Gasteiger partial charge on any atom is 0.339 e. The Morgan fingerprint density at radius 3 is 2.64 bits per heavy atom. The fourth-order valence-corrected chi connectivity index (χ4v) is 4.41. The van der Waals surface area contributed by atoms with Gasteiger partial charge in [0.1, 0.15) is 17.3 Å². The summed E-state index contributed by atoms with van der Waals surface area (Å²) < 4.78 is 30.7. The molecule has 0 bridgehead atoms. The average molecular weight is 574 g/mol. The average Bonchev–Trinajstić information content (AvgIpc) is 3.50. The van der Waals surface area contributed by atoms with Crippen molar-refractivity contribution in [2.45, 2.75) is 13.3 Å². The van der Waals surface area contributed by atoms with E-state index in [-0.39, 0.29) is 5.69 Å². The number of urea groups is 1. The number of hydrogen-bond acceptors (Lipinski definition) is 7. The van der Waals surface area contributed by atoms with Gasteiger partial charge in [0.2, 0.25) is 0 Å². The fraction of sp³-hybridized carbons (Fsp3) is 0.258. The minimum atomic E-state index is -0.561. The first-order chi connectivity index (χ1) is 20.4. The lowest BCUT2D eigenvalue weighted by Gasteiger charge is -2.26. The first-order valence-corrected chi connectivity index (χ1v) is 13.7. The number of aromatic amines is 1. The fourth-order valence-electron chi connectivity index (χ4n) is 4.41. The van der Waals surface area contributed by atoms with Crippen LogP contribution in [0.15, 0.2) is 73.1 Å². The molecule has 10 nitrogen and oxygen atoms in total. The van der Waals surface area contributed by atoms with Gasteiger partial charge in [0.05, 0.1) is 42.5 Å². The Bertz CT molecular complexity index is 1520. The van der Waals surface area contributed by atoms with Gasteiger partial charge >= 0.3 is 12.0 Å². The molecule has 0 aliphatic carbocycles. The Kier molecular flexibility index (Phi) is 9.42. The topological polar surface area (TPSA) is 118 Å². The van der Waals surface area contributed by atoms with E-state index in [2.05, 4.69) is 25.5 Å². The Morgan fingerprint density at radius 1 is 1.02 bits per heavy atom. The van der Waals surface area contributed by atoms with Gasteiger partial charge in [-0.05, 0) is 67.4 Å². The van der Waals surface area contributed by atoms with Gasteiger partial charge in [-0.3, -0.25) is 9.88 Å². The minimum Gasteiger partial charge on any atom is -0.462 e. The number of anilines is 2. The van der Waals surface area contributed by atoms with Crippen LogP contribution in [-0.4, -0.2) is 66.3 Å². The maximum absolute atomic E-state index is 13.9. The molecule has 1 saturated heterocycles. The minimum absolute atomic E-state index is 0.103. The molecule has 218 valence electrons. The molecule has 0 spiro atoms. The predicted molar refractivity (Wildman–Crippen MR) is 156 cm³/mol. The number of halogens is 1. The first-order valence-electron chi connectivity index (χ1n) is 13.7. The zero-order chi connectivity index (χ0) is 29.3. The quantitative estimate of drug-likeness (QED) is 0.161. The number of hydrogen-bond donors (Lipinski definition) is 3. The summed E-state index contributed by atoms with van der Waals surface area (Å²) >= 11 is 0. The highest BCUT2D eigenvalue weighted by atomic mass is 19.1. The number of morpholine rings is 1. The zero-order valence-corrected chi connectivity index (χ0v) is 23.2. The predicted octanol–water partition coefficient (Wildman–Crippen LogP) is 5.84. The van der Waals surface area contributed by atoms with Crippen LogP contribution in [0.2, 0.25) is 0 Å². The van der Waals surface area contributed by atoms with E-state index in [1.165, 1.54) is 6.07 Å².